The average Bonchev–Trinajstić information content (AvgIpc) is 3.45. The quantitative estimate of drug-likeness (QED) is 0.373. The number of imidazole rings is 1. The second-order valence-corrected chi connectivity index (χ2v) is 8.54. The highest BCUT2D eigenvalue weighted by Gasteiger charge is 2.38. The maximum atomic E-state index is 14.1. The molecule has 2 atom stereocenters. The molecule has 0 saturated carbocycles. The summed E-state index contributed by atoms with van der Waals surface area (Å²) in [5.41, 5.74) is 9.08. The second kappa shape index (κ2) is 8.77. The van der Waals surface area contributed by atoms with E-state index in [2.05, 4.69) is 20.3 Å². The maximum absolute atomic E-state index is 14.1. The number of benzene rings is 2. The van der Waals surface area contributed by atoms with Crippen molar-refractivity contribution >= 4 is 23.4 Å². The predicted octanol–water partition coefficient (Wildman–Crippen LogP) is 5.03. The number of ether oxygens (including phenoxy) is 1. The molecule has 35 heavy (non-hydrogen) atoms. The monoisotopic (exact) mass is 500 g/mol. The Morgan fingerprint density at radius 2 is 1.83 bits per heavy atom. The number of methoxy groups -OCH3 is 1. The van der Waals surface area contributed by atoms with Crippen molar-refractivity contribution in [1.29, 1.82) is 0 Å². The molecule has 0 spiro atoms. The summed E-state index contributed by atoms with van der Waals surface area (Å²) in [5, 5.41) is 3.39. The van der Waals surface area contributed by atoms with Gasteiger partial charge in [0.25, 0.3) is 0 Å². The summed E-state index contributed by atoms with van der Waals surface area (Å²) in [7, 11) is 3.26. The molecule has 1 aliphatic carbocycles. The Morgan fingerprint density at radius 1 is 1.09 bits per heavy atom. The topological polar surface area (TPSA) is 90.9 Å². The summed E-state index contributed by atoms with van der Waals surface area (Å²) in [5.74, 6) is -3.72. The number of nitrogen functional groups attached to an aromatic ring is 1. The van der Waals surface area contributed by atoms with Crippen molar-refractivity contribution < 1.29 is 17.9 Å². The van der Waals surface area contributed by atoms with Crippen LogP contribution in [0.3, 0.4) is 0 Å². The third kappa shape index (κ3) is 3.93. The van der Waals surface area contributed by atoms with Crippen LogP contribution in [0.1, 0.15) is 40.6 Å². The van der Waals surface area contributed by atoms with Gasteiger partial charge >= 0.3 is 0 Å². The van der Waals surface area contributed by atoms with E-state index in [1.54, 1.807) is 31.2 Å². The first-order valence-corrected chi connectivity index (χ1v) is 11.1. The van der Waals surface area contributed by atoms with Crippen molar-refractivity contribution in [2.24, 2.45) is 0 Å². The van der Waals surface area contributed by atoms with Crippen LogP contribution < -0.4 is 15.8 Å². The van der Waals surface area contributed by atoms with Crippen molar-refractivity contribution in [3.8, 4) is 11.4 Å². The fourth-order valence-electron chi connectivity index (χ4n) is 4.70. The van der Waals surface area contributed by atoms with Gasteiger partial charge in [0, 0.05) is 30.6 Å². The minimum Gasteiger partial charge on any atom is -0.495 e. The second-order valence-electron chi connectivity index (χ2n) is 8.15. The molecule has 2 unspecified atom stereocenters. The molecule has 1 aliphatic rings. The van der Waals surface area contributed by atoms with Crippen molar-refractivity contribution in [1.82, 2.24) is 19.5 Å². The Labute approximate surface area is 203 Å². The lowest BCUT2D eigenvalue weighted by Gasteiger charge is -2.18. The zero-order valence-corrected chi connectivity index (χ0v) is 19.4. The highest BCUT2D eigenvalue weighted by atomic mass is 35.5. The summed E-state index contributed by atoms with van der Waals surface area (Å²) in [6.07, 6.45) is 3.65. The average molecular weight is 501 g/mol. The number of fused-ring (bicyclic) bond motifs is 1. The molecule has 4 aromatic rings. The standard InChI is InChI=1S/C24H20ClF3N6O/c1-30-23-20-13(11-3-4-17(18(7-11)35-2)34-9-19(25)31-10-34)8-14(22(20)32-24(29)33-23)12-5-15(26)21(28)16(27)6-12/h3-7,9-10,13-14H,8H2,1-2H3,(H3,29,30,32,33). The van der Waals surface area contributed by atoms with Gasteiger partial charge in [0.15, 0.2) is 17.5 Å². The fourth-order valence-corrected chi connectivity index (χ4v) is 4.85. The van der Waals surface area contributed by atoms with E-state index >= 15 is 0 Å². The lowest BCUT2D eigenvalue weighted by Crippen LogP contribution is -2.09. The number of anilines is 2. The summed E-state index contributed by atoms with van der Waals surface area (Å²) < 4.78 is 49.2. The van der Waals surface area contributed by atoms with Crippen molar-refractivity contribution in [3.05, 3.63) is 87.8 Å². The Morgan fingerprint density at radius 3 is 2.46 bits per heavy atom. The van der Waals surface area contributed by atoms with Crippen LogP contribution in [-0.4, -0.2) is 33.7 Å². The molecule has 0 aliphatic heterocycles. The Balaban J connectivity index is 1.64. The van der Waals surface area contributed by atoms with Crippen molar-refractivity contribution in [2.45, 2.75) is 18.3 Å². The Bertz CT molecular complexity index is 1420. The van der Waals surface area contributed by atoms with Gasteiger partial charge in [0.2, 0.25) is 5.95 Å². The SMILES string of the molecule is CNc1nc(N)nc2c1C(c1ccc(-n3cnc(Cl)c3)c(OC)c1)CC2c1cc(F)c(F)c(F)c1. The van der Waals surface area contributed by atoms with Crippen LogP contribution >= 0.6 is 11.6 Å². The Kier molecular flexibility index (Phi) is 5.76. The van der Waals surface area contributed by atoms with E-state index in [4.69, 9.17) is 22.1 Å². The van der Waals surface area contributed by atoms with Crippen molar-refractivity contribution in [3.63, 3.8) is 0 Å². The smallest absolute Gasteiger partial charge is 0.222 e. The molecule has 0 amide bonds. The van der Waals surface area contributed by atoms with E-state index in [1.807, 2.05) is 18.2 Å². The van der Waals surface area contributed by atoms with E-state index in [0.29, 0.717) is 28.8 Å². The number of nitrogens with one attached hydrogen (secondary N) is 1. The molecule has 2 heterocycles. The van der Waals surface area contributed by atoms with Crippen molar-refractivity contribution in [2.75, 3.05) is 25.2 Å². The first-order chi connectivity index (χ1) is 16.8. The largest absolute Gasteiger partial charge is 0.495 e. The third-order valence-electron chi connectivity index (χ3n) is 6.22. The van der Waals surface area contributed by atoms with Crippen LogP contribution in [-0.2, 0) is 0 Å². The molecule has 0 radical (unpaired) electrons. The summed E-state index contributed by atoms with van der Waals surface area (Å²) in [6, 6.07) is 7.66. The van der Waals surface area contributed by atoms with E-state index in [-0.39, 0.29) is 17.4 Å². The fraction of sp³-hybridized carbons (Fsp3) is 0.208. The molecule has 0 bridgehead atoms. The van der Waals surface area contributed by atoms with Gasteiger partial charge < -0.3 is 20.4 Å². The number of aromatic nitrogens is 4. The normalized spacial score (nSPS) is 16.9. The first kappa shape index (κ1) is 23.0. The van der Waals surface area contributed by atoms with Gasteiger partial charge in [-0.05, 0) is 41.8 Å². The minimum absolute atomic E-state index is 0.0201. The third-order valence-corrected chi connectivity index (χ3v) is 6.42. The van der Waals surface area contributed by atoms with Gasteiger partial charge in [-0.3, -0.25) is 0 Å². The lowest BCUT2D eigenvalue weighted by atomic mass is 9.90. The van der Waals surface area contributed by atoms with Crippen LogP contribution in [0.25, 0.3) is 5.69 Å². The van der Waals surface area contributed by atoms with E-state index in [0.717, 1.165) is 28.9 Å². The van der Waals surface area contributed by atoms with Gasteiger partial charge in [-0.15, -0.1) is 0 Å². The van der Waals surface area contributed by atoms with Crippen LogP contribution in [0.5, 0.6) is 5.75 Å². The molecule has 0 fully saturated rings. The van der Waals surface area contributed by atoms with Gasteiger partial charge in [-0.2, -0.15) is 4.98 Å². The number of halogens is 4. The highest BCUT2D eigenvalue weighted by molar-refractivity contribution is 6.29. The Hall–Kier alpha value is -3.79. The maximum Gasteiger partial charge on any atom is 0.222 e. The van der Waals surface area contributed by atoms with Gasteiger partial charge in [0.05, 0.1) is 18.5 Å². The zero-order valence-electron chi connectivity index (χ0n) is 18.7. The summed E-state index contributed by atoms with van der Waals surface area (Å²) in [4.78, 5) is 12.8. The molecule has 0 saturated heterocycles. The minimum atomic E-state index is -1.51. The van der Waals surface area contributed by atoms with Crippen LogP contribution in [0.15, 0.2) is 42.9 Å². The molecule has 5 rings (SSSR count). The van der Waals surface area contributed by atoms with Crippen LogP contribution in [0, 0.1) is 17.5 Å². The molecule has 11 heteroatoms. The van der Waals surface area contributed by atoms with Gasteiger partial charge in [-0.25, -0.2) is 23.1 Å². The molecular weight excluding hydrogens is 481 g/mol. The van der Waals surface area contributed by atoms with E-state index in [1.165, 1.54) is 0 Å². The molecule has 2 aromatic carbocycles. The molecular formula is C24H20ClF3N6O. The van der Waals surface area contributed by atoms with E-state index < -0.39 is 23.4 Å². The zero-order chi connectivity index (χ0) is 24.9. The summed E-state index contributed by atoms with van der Waals surface area (Å²) in [6.45, 7) is 0. The predicted molar refractivity (Wildman–Crippen MR) is 126 cm³/mol. The number of hydrogen-bond acceptors (Lipinski definition) is 6. The van der Waals surface area contributed by atoms with Crippen LogP contribution in [0.2, 0.25) is 5.15 Å². The molecule has 180 valence electrons. The number of nitrogens with zero attached hydrogens (tertiary/aromatic N) is 4. The van der Waals surface area contributed by atoms with Gasteiger partial charge in [-0.1, -0.05) is 17.7 Å². The summed E-state index contributed by atoms with van der Waals surface area (Å²) >= 11 is 5.97. The molecule has 7 nitrogen and oxygen atoms in total. The number of hydrogen-bond donors (Lipinski definition) is 2. The number of rotatable bonds is 5. The van der Waals surface area contributed by atoms with E-state index in [9.17, 15) is 13.2 Å². The highest BCUT2D eigenvalue weighted by Crippen LogP contribution is 2.50. The van der Waals surface area contributed by atoms with Crippen LogP contribution in [0.4, 0.5) is 24.9 Å². The molecule has 3 N–H and O–H groups in total. The van der Waals surface area contributed by atoms with Gasteiger partial charge in [0.1, 0.15) is 23.0 Å². The lowest BCUT2D eigenvalue weighted by molar-refractivity contribution is 0.412. The molecule has 2 aromatic heterocycles. The number of nitrogens with two attached hydrogens (primary N) is 1. The first-order valence-electron chi connectivity index (χ1n) is 10.7.